The molecular formula is C86H126IN13O20. The zero-order valence-corrected chi connectivity index (χ0v) is 74.4. The third-order valence-corrected chi connectivity index (χ3v) is 19.6. The number of hydrogen-bond acceptors (Lipinski definition) is 22. The van der Waals surface area contributed by atoms with Gasteiger partial charge in [-0.3, -0.25) is 57.3 Å². The maximum Gasteiger partial charge on any atom is 0.407 e. The van der Waals surface area contributed by atoms with Crippen molar-refractivity contribution >= 4 is 105 Å². The van der Waals surface area contributed by atoms with Crippen molar-refractivity contribution in [1.82, 2.24) is 66.8 Å². The first-order valence-corrected chi connectivity index (χ1v) is 42.5. The van der Waals surface area contributed by atoms with Gasteiger partial charge in [-0.05, 0) is 249 Å². The lowest BCUT2D eigenvalue weighted by atomic mass is 9.93. The van der Waals surface area contributed by atoms with Gasteiger partial charge in [0, 0.05) is 105 Å². The quantitative estimate of drug-likeness (QED) is 0.00751. The Balaban J connectivity index is 1.04. The van der Waals surface area contributed by atoms with Crippen LogP contribution in [0.25, 0.3) is 28.0 Å². The second-order valence-electron chi connectivity index (χ2n) is 34.1. The van der Waals surface area contributed by atoms with Crippen LogP contribution in [0.4, 0.5) is 4.79 Å². The maximum absolute atomic E-state index is 14.7. The molecular weight excluding hydrogens is 1660 g/mol. The number of carbonyl (C=O) groups excluding carboxylic acids is 12. The summed E-state index contributed by atoms with van der Waals surface area (Å²) in [5.41, 5.74) is 0.0388. The number of nitrogens with one attached hydrogen (secondary N) is 8. The highest BCUT2D eigenvalue weighted by molar-refractivity contribution is 14.1. The van der Waals surface area contributed by atoms with Crippen LogP contribution in [0.15, 0.2) is 66.9 Å². The highest BCUT2D eigenvalue weighted by Gasteiger charge is 2.35. The number of phenols is 2. The fourth-order valence-electron chi connectivity index (χ4n) is 13.1. The Labute approximate surface area is 717 Å². The number of phenolic OH excluding ortho intramolecular Hbond substituents is 2. The predicted octanol–water partition coefficient (Wildman–Crippen LogP) is 9.09. The van der Waals surface area contributed by atoms with E-state index in [0.29, 0.717) is 88.1 Å². The van der Waals surface area contributed by atoms with E-state index in [0.717, 1.165) is 26.5 Å². The molecule has 33 nitrogen and oxygen atoms in total. The topological polar surface area (TPSA) is 436 Å². The third-order valence-electron chi connectivity index (χ3n) is 18.9. The molecule has 3 aromatic carbocycles. The molecule has 0 spiro atoms. The van der Waals surface area contributed by atoms with Gasteiger partial charge in [-0.1, -0.05) is 26.0 Å². The lowest BCUT2D eigenvalue weighted by Crippen LogP contribution is -2.57. The standard InChI is InChI=1S/C86H126IN13O20/c1-16-88-81(113)76-97-96-75(61-51-60(54(2)3)67(101)52-68(61)102)100(76)59-27-31-66-57(50-59)39-46-98(66)43-36-56-37-44-99(45-38-56)71(105)35-41-89-78(110)63(28-32-72(106)117-83(4,5)6)94-80(112)65(30-34-74(108)119-85(10,11)12)95-79(111)64(29-33-73(107)118-84(7,8)9)93-70(104)53-116-49-48-115-47-42-90-77(109)62(21-17-18-40-91-82(114)120-86(13,14)15)92-69(103)22-19-20-55-23-25-58(87)26-24-55/h23-27,31,39,46,50-52,54,56,62-65,101-102H,16-22,28-30,32-38,40-45,47-49,53H2,1-15H3,(H,88,113)(H,89,110)(H,90,109)(H,91,114)(H,92,103)(H,93,104)(H,94,112)(H,95,111)/t62-,63+,64+,65+/m0/s1. The van der Waals surface area contributed by atoms with Crippen molar-refractivity contribution in [2.24, 2.45) is 5.92 Å². The first-order valence-electron chi connectivity index (χ1n) is 41.4. The number of amides is 9. The molecule has 662 valence electrons. The number of hydrogen-bond donors (Lipinski definition) is 10. The molecule has 1 aliphatic heterocycles. The van der Waals surface area contributed by atoms with E-state index in [9.17, 15) is 67.7 Å². The number of ether oxygens (including phenoxy) is 6. The fourth-order valence-corrected chi connectivity index (χ4v) is 13.5. The molecule has 120 heavy (non-hydrogen) atoms. The second-order valence-corrected chi connectivity index (χ2v) is 35.4. The highest BCUT2D eigenvalue weighted by Crippen LogP contribution is 2.39. The van der Waals surface area contributed by atoms with E-state index in [1.165, 1.54) is 6.07 Å². The van der Waals surface area contributed by atoms with E-state index in [-0.39, 0.29) is 125 Å². The Morgan fingerprint density at radius 3 is 1.67 bits per heavy atom. The van der Waals surface area contributed by atoms with Crippen molar-refractivity contribution in [1.29, 1.82) is 0 Å². The van der Waals surface area contributed by atoms with Gasteiger partial charge >= 0.3 is 24.0 Å². The molecule has 1 saturated heterocycles. The summed E-state index contributed by atoms with van der Waals surface area (Å²) in [7, 11) is 0. The molecule has 34 heteroatoms. The number of piperidine rings is 1. The molecule has 0 radical (unpaired) electrons. The Hall–Kier alpha value is -9.97. The van der Waals surface area contributed by atoms with Crippen LogP contribution < -0.4 is 42.5 Å². The molecule has 0 bridgehead atoms. The fraction of sp³-hybridized carbons (Fsp3) is 0.605. The number of aromatic nitrogens is 4. The van der Waals surface area contributed by atoms with Crippen molar-refractivity contribution in [2.45, 2.75) is 266 Å². The normalized spacial score (nSPS) is 13.7. The monoisotopic (exact) mass is 1790 g/mol. The number of nitrogens with zero attached hydrogens (tertiary/aromatic N) is 5. The van der Waals surface area contributed by atoms with Crippen LogP contribution in [0.3, 0.4) is 0 Å². The van der Waals surface area contributed by atoms with Crippen LogP contribution in [0, 0.1) is 9.49 Å². The van der Waals surface area contributed by atoms with Gasteiger partial charge in [0.25, 0.3) is 5.91 Å². The number of esters is 3. The van der Waals surface area contributed by atoms with Gasteiger partial charge in [0.2, 0.25) is 47.2 Å². The molecule has 0 aliphatic carbocycles. The Morgan fingerprint density at radius 1 is 0.542 bits per heavy atom. The smallest absolute Gasteiger partial charge is 0.407 e. The third kappa shape index (κ3) is 35.4. The molecule has 9 amide bonds. The number of alkyl carbamates (subject to hydrolysis) is 1. The van der Waals surface area contributed by atoms with Crippen LogP contribution >= 0.6 is 22.6 Å². The average molecular weight is 1790 g/mol. The molecule has 0 saturated carbocycles. The number of aryl methyl sites for hydroxylation is 2. The molecule has 0 unspecified atom stereocenters. The van der Waals surface area contributed by atoms with Gasteiger partial charge in [0.1, 0.15) is 64.7 Å². The Kier molecular flexibility index (Phi) is 39.0. The highest BCUT2D eigenvalue weighted by atomic mass is 127. The first kappa shape index (κ1) is 98.9. The average Bonchev–Trinajstić information content (AvgIpc) is 1.58. The van der Waals surface area contributed by atoms with E-state index in [2.05, 4.69) is 79.9 Å². The number of rotatable bonds is 45. The van der Waals surface area contributed by atoms with Gasteiger partial charge in [0.05, 0.1) is 31.1 Å². The van der Waals surface area contributed by atoms with Crippen LogP contribution in [-0.4, -0.2) is 218 Å². The number of fused-ring (bicyclic) bond motifs is 1. The van der Waals surface area contributed by atoms with Crippen molar-refractivity contribution in [3.63, 3.8) is 0 Å². The van der Waals surface area contributed by atoms with Crippen LogP contribution in [0.2, 0.25) is 0 Å². The number of unbranched alkanes of at least 4 members (excludes halogenated alkanes) is 1. The summed E-state index contributed by atoms with van der Waals surface area (Å²) < 4.78 is 38.0. The number of likely N-dealkylation sites (tertiary alicyclic amines) is 1. The molecule has 5 aromatic rings. The minimum atomic E-state index is -1.60. The lowest BCUT2D eigenvalue weighted by Gasteiger charge is -2.32. The summed E-state index contributed by atoms with van der Waals surface area (Å²) in [6, 6.07) is 13.2. The molecule has 2 aromatic heterocycles. The van der Waals surface area contributed by atoms with Gasteiger partial charge in [-0.15, -0.1) is 10.2 Å². The second kappa shape index (κ2) is 47.3. The molecule has 10 N–H and O–H groups in total. The first-order chi connectivity index (χ1) is 56.4. The summed E-state index contributed by atoms with van der Waals surface area (Å²) in [5.74, 6) is -6.92. The van der Waals surface area contributed by atoms with Crippen LogP contribution in [0.1, 0.15) is 228 Å². The largest absolute Gasteiger partial charge is 0.508 e. The summed E-state index contributed by atoms with van der Waals surface area (Å²) in [5, 5.41) is 52.9. The minimum Gasteiger partial charge on any atom is -0.508 e. The van der Waals surface area contributed by atoms with E-state index >= 15 is 0 Å². The zero-order valence-electron chi connectivity index (χ0n) is 72.3. The Bertz CT molecular complexity index is 4280. The minimum absolute atomic E-state index is 0.0147. The van der Waals surface area contributed by atoms with Gasteiger partial charge < -0.3 is 90.6 Å². The molecule has 1 aliphatic rings. The van der Waals surface area contributed by atoms with Crippen molar-refractivity contribution in [3.8, 4) is 28.6 Å². The van der Waals surface area contributed by atoms with Crippen LogP contribution in [0.5, 0.6) is 11.5 Å². The number of halogens is 1. The molecule has 3 heterocycles. The summed E-state index contributed by atoms with van der Waals surface area (Å²) >= 11 is 2.23. The van der Waals surface area contributed by atoms with E-state index in [1.54, 1.807) is 106 Å². The molecule has 1 fully saturated rings. The van der Waals surface area contributed by atoms with E-state index in [4.69, 9.17) is 28.4 Å². The summed E-state index contributed by atoms with van der Waals surface area (Å²) in [4.78, 5) is 164. The molecule has 6 rings (SSSR count). The summed E-state index contributed by atoms with van der Waals surface area (Å²) in [6.45, 7) is 27.2. The predicted molar refractivity (Wildman–Crippen MR) is 457 cm³/mol. The van der Waals surface area contributed by atoms with E-state index < -0.39 is 125 Å². The number of aromatic hydroxyl groups is 2. The SMILES string of the molecule is CCNC(=O)c1nnc(-c2cc(C(C)C)c(O)cc2O)n1-c1ccc2c(ccn2CCC2CCN(C(=O)CCNC(=O)[C@@H](CCC(=O)OC(C)(C)C)NC(=O)[C@@H](CCC(=O)OC(C)(C)C)NC(=O)[C@@H](CCC(=O)OC(C)(C)C)NC(=O)COCCOCCNC(=O)[C@H](CCCCNC(=O)OC(C)(C)C)NC(=O)CCCc3ccc(I)cc3)CC2)c1. The number of carbonyl (C=O) groups is 12. The van der Waals surface area contributed by atoms with Crippen molar-refractivity contribution in [2.75, 3.05) is 65.7 Å². The summed E-state index contributed by atoms with van der Waals surface area (Å²) in [6.07, 6.45) is 4.11. The molecule has 4 atom stereocenters. The number of benzene rings is 3. The van der Waals surface area contributed by atoms with Gasteiger partial charge in [0.15, 0.2) is 5.82 Å². The van der Waals surface area contributed by atoms with Crippen molar-refractivity contribution in [3.05, 3.63) is 87.4 Å². The van der Waals surface area contributed by atoms with Gasteiger partial charge in [-0.2, -0.15) is 0 Å². The van der Waals surface area contributed by atoms with Crippen molar-refractivity contribution < 1.29 is 96.2 Å². The van der Waals surface area contributed by atoms with Gasteiger partial charge in [-0.25, -0.2) is 4.79 Å². The Morgan fingerprint density at radius 2 is 1.09 bits per heavy atom. The zero-order chi connectivity index (χ0) is 88.7. The van der Waals surface area contributed by atoms with E-state index in [1.807, 2.05) is 68.6 Å². The maximum atomic E-state index is 14.7. The van der Waals surface area contributed by atoms with Crippen LogP contribution in [-0.2, 0) is 89.3 Å². The lowest BCUT2D eigenvalue weighted by molar-refractivity contribution is -0.156.